The average Bonchev–Trinajstić information content (AvgIpc) is 1.54. The molecule has 0 unspecified atom stereocenters. The van der Waals surface area contributed by atoms with Gasteiger partial charge in [-0.15, -0.1) is 0 Å². The highest BCUT2D eigenvalue weighted by atomic mass is 15.2. The molecule has 20 aromatic carbocycles. The standard InChI is InChI=1S/C112H80N6/c1-73-59-63-83(64-60-73)113(81-39-7-5-8-40-81)101-69-105-109(93-51-21-17-47-89(93)101)110-94-52-22-18-48-90(94)102(70-106(110)117(105)99-57-29-35-77-33-13-15-45-87(77)99)114(84-65-61-74(2)62-66-84)85-43-27-37-79(67-85)80-38-28-44-86(68-80)116(98-56-26-12-32-76(98)4)104-72-108-112(96-54-24-20-50-92(96)104)111-95-53-23-19-49-91(95)103(115(82-41-9-6-10-42-82)97-55-25-11-31-75(97)3)71-107(111)118(108)100-58-30-36-78-34-14-16-46-88(78)100/h5-72H,1-4H3. The summed E-state index contributed by atoms with van der Waals surface area (Å²) >= 11 is 0. The fourth-order valence-electron chi connectivity index (χ4n) is 18.9. The summed E-state index contributed by atoms with van der Waals surface area (Å²) in [5, 5.41) is 18.8. The molecule has 0 saturated heterocycles. The van der Waals surface area contributed by atoms with E-state index in [1.54, 1.807) is 0 Å². The van der Waals surface area contributed by atoms with Crippen LogP contribution in [0.5, 0.6) is 0 Å². The Balaban J connectivity index is 0.766. The summed E-state index contributed by atoms with van der Waals surface area (Å²) < 4.78 is 5.15. The minimum atomic E-state index is 1.03. The van der Waals surface area contributed by atoms with Crippen molar-refractivity contribution in [2.75, 3.05) is 19.6 Å². The van der Waals surface area contributed by atoms with E-state index in [4.69, 9.17) is 0 Å². The van der Waals surface area contributed by atoms with Crippen LogP contribution in [0.4, 0.5) is 68.2 Å². The third-order valence-electron chi connectivity index (χ3n) is 24.3. The average molecular weight is 1510 g/mol. The zero-order valence-electron chi connectivity index (χ0n) is 65.9. The van der Waals surface area contributed by atoms with Crippen molar-refractivity contribution >= 4 is 176 Å². The van der Waals surface area contributed by atoms with E-state index in [1.165, 1.54) is 86.7 Å². The Morgan fingerprint density at radius 1 is 0.178 bits per heavy atom. The molecule has 2 aromatic heterocycles. The van der Waals surface area contributed by atoms with Gasteiger partial charge in [0.2, 0.25) is 0 Å². The Labute approximate surface area is 685 Å². The second kappa shape index (κ2) is 28.4. The van der Waals surface area contributed by atoms with Gasteiger partial charge in [-0.25, -0.2) is 0 Å². The monoisotopic (exact) mass is 1510 g/mol. The first-order chi connectivity index (χ1) is 58.2. The molecule has 0 aliphatic rings. The summed E-state index contributed by atoms with van der Waals surface area (Å²) in [7, 11) is 0. The Hall–Kier alpha value is -15.2. The molecular formula is C112H80N6. The van der Waals surface area contributed by atoms with Crippen LogP contribution in [0.15, 0.2) is 413 Å². The zero-order valence-corrected chi connectivity index (χ0v) is 65.9. The van der Waals surface area contributed by atoms with E-state index < -0.39 is 0 Å². The van der Waals surface area contributed by atoms with Gasteiger partial charge in [-0.1, -0.05) is 302 Å². The van der Waals surface area contributed by atoms with Crippen LogP contribution in [0.2, 0.25) is 0 Å². The predicted molar refractivity (Wildman–Crippen MR) is 503 cm³/mol. The van der Waals surface area contributed by atoms with Gasteiger partial charge in [-0.2, -0.15) is 0 Å². The van der Waals surface area contributed by atoms with Gasteiger partial charge >= 0.3 is 0 Å². The molecular weight excluding hydrogens is 1430 g/mol. The first-order valence-corrected chi connectivity index (χ1v) is 40.8. The van der Waals surface area contributed by atoms with Gasteiger partial charge in [0.15, 0.2) is 0 Å². The summed E-state index contributed by atoms with van der Waals surface area (Å²) in [4.78, 5) is 9.93. The summed E-state index contributed by atoms with van der Waals surface area (Å²) in [6.45, 7) is 8.81. The molecule has 6 heteroatoms. The molecule has 0 fully saturated rings. The van der Waals surface area contributed by atoms with Crippen LogP contribution in [0, 0.1) is 27.7 Å². The van der Waals surface area contributed by atoms with Gasteiger partial charge in [0, 0.05) is 99.4 Å². The molecule has 0 bridgehead atoms. The van der Waals surface area contributed by atoms with Crippen molar-refractivity contribution in [2.24, 2.45) is 0 Å². The Kier molecular flexibility index (Phi) is 16.7. The summed E-state index contributed by atoms with van der Waals surface area (Å²) in [6.07, 6.45) is 0. The van der Waals surface area contributed by atoms with Gasteiger partial charge in [-0.3, -0.25) is 0 Å². The van der Waals surface area contributed by atoms with E-state index >= 15 is 0 Å². The largest absolute Gasteiger partial charge is 0.310 e. The summed E-state index contributed by atoms with van der Waals surface area (Å²) in [6, 6.07) is 153. The van der Waals surface area contributed by atoms with E-state index in [0.29, 0.717) is 0 Å². The number of rotatable bonds is 15. The second-order valence-corrected chi connectivity index (χ2v) is 31.4. The molecule has 2 heterocycles. The number of para-hydroxylation sites is 4. The van der Waals surface area contributed by atoms with Crippen molar-refractivity contribution in [1.29, 1.82) is 0 Å². The van der Waals surface area contributed by atoms with Crippen LogP contribution >= 0.6 is 0 Å². The van der Waals surface area contributed by atoms with Crippen LogP contribution in [0.25, 0.3) is 131 Å². The number of benzene rings is 20. The van der Waals surface area contributed by atoms with Crippen LogP contribution in [-0.2, 0) is 0 Å². The first kappa shape index (κ1) is 69.5. The number of fused-ring (bicyclic) bond motifs is 16. The van der Waals surface area contributed by atoms with Crippen molar-refractivity contribution in [2.45, 2.75) is 27.7 Å². The number of aromatic nitrogens is 2. The molecule has 118 heavy (non-hydrogen) atoms. The molecule has 0 aliphatic heterocycles. The van der Waals surface area contributed by atoms with Crippen molar-refractivity contribution in [1.82, 2.24) is 9.13 Å². The number of anilines is 12. The molecule has 0 radical (unpaired) electrons. The molecule has 22 aromatic rings. The van der Waals surface area contributed by atoms with Crippen LogP contribution in [0.1, 0.15) is 22.3 Å². The lowest BCUT2D eigenvalue weighted by Crippen LogP contribution is -2.12. The highest BCUT2D eigenvalue weighted by Gasteiger charge is 2.31. The third kappa shape index (κ3) is 11.4. The highest BCUT2D eigenvalue weighted by Crippen LogP contribution is 2.55. The molecule has 0 aliphatic carbocycles. The lowest BCUT2D eigenvalue weighted by atomic mass is 9.96. The number of aryl methyl sites for hydroxylation is 4. The fraction of sp³-hybridized carbons (Fsp3) is 0.0357. The van der Waals surface area contributed by atoms with E-state index in [0.717, 1.165) is 135 Å². The Morgan fingerprint density at radius 3 is 0.822 bits per heavy atom. The molecule has 558 valence electrons. The minimum absolute atomic E-state index is 1.03. The lowest BCUT2D eigenvalue weighted by Gasteiger charge is -2.29. The van der Waals surface area contributed by atoms with Crippen LogP contribution < -0.4 is 19.6 Å². The molecule has 0 saturated carbocycles. The summed E-state index contributed by atoms with van der Waals surface area (Å²) in [5.74, 6) is 0. The highest BCUT2D eigenvalue weighted by molar-refractivity contribution is 6.34. The normalized spacial score (nSPS) is 11.7. The predicted octanol–water partition coefficient (Wildman–Crippen LogP) is 31.6. The van der Waals surface area contributed by atoms with Crippen molar-refractivity contribution < 1.29 is 0 Å². The Morgan fingerprint density at radius 2 is 0.441 bits per heavy atom. The first-order valence-electron chi connectivity index (χ1n) is 40.8. The Bertz CT molecular complexity index is 7740. The molecule has 0 N–H and O–H groups in total. The summed E-state index contributed by atoms with van der Waals surface area (Å²) in [5.41, 5.74) is 26.5. The van der Waals surface area contributed by atoms with Gasteiger partial charge in [0.1, 0.15) is 0 Å². The number of nitrogens with zero attached hydrogens (tertiary/aromatic N) is 6. The minimum Gasteiger partial charge on any atom is -0.310 e. The fourth-order valence-corrected chi connectivity index (χ4v) is 18.9. The smallest absolute Gasteiger partial charge is 0.0568 e. The third-order valence-corrected chi connectivity index (χ3v) is 24.3. The maximum atomic E-state index is 2.58. The number of hydrogen-bond donors (Lipinski definition) is 0. The van der Waals surface area contributed by atoms with E-state index in [9.17, 15) is 0 Å². The molecule has 0 spiro atoms. The van der Waals surface area contributed by atoms with Crippen LogP contribution in [0.3, 0.4) is 0 Å². The van der Waals surface area contributed by atoms with Gasteiger partial charge < -0.3 is 28.7 Å². The molecule has 22 rings (SSSR count). The van der Waals surface area contributed by atoms with Crippen molar-refractivity contribution in [3.8, 4) is 22.5 Å². The molecule has 0 amide bonds. The maximum absolute atomic E-state index is 2.58. The topological polar surface area (TPSA) is 22.8 Å². The SMILES string of the molecule is Cc1ccc(N(c2ccccc2)c2cc3c(c4ccccc24)c2c4ccccc4c(N(c4ccc(C)cc4)c4cccc(-c5cccc(N(c6ccccc6C)c6cc7c(c8ccccc68)c6c8ccccc8c(N(c8ccccc8)c8ccccc8C)cc6n7-c6cccc7ccccc67)c5)c4)cc2n3-c2cccc3ccccc23)cc1. The lowest BCUT2D eigenvalue weighted by molar-refractivity contribution is 1.19. The van der Waals surface area contributed by atoms with Gasteiger partial charge in [0.05, 0.1) is 56.2 Å². The number of hydrogen-bond acceptors (Lipinski definition) is 4. The van der Waals surface area contributed by atoms with Gasteiger partial charge in [-0.05, 0) is 204 Å². The maximum Gasteiger partial charge on any atom is 0.0568 e. The zero-order chi connectivity index (χ0) is 78.6. The van der Waals surface area contributed by atoms with Gasteiger partial charge in [0.25, 0.3) is 0 Å². The molecule has 6 nitrogen and oxygen atoms in total. The second-order valence-electron chi connectivity index (χ2n) is 31.4. The van der Waals surface area contributed by atoms with Crippen molar-refractivity contribution in [3.63, 3.8) is 0 Å². The molecule has 0 atom stereocenters. The van der Waals surface area contributed by atoms with Crippen LogP contribution in [-0.4, -0.2) is 9.13 Å². The van der Waals surface area contributed by atoms with Crippen molar-refractivity contribution in [3.05, 3.63) is 435 Å². The van der Waals surface area contributed by atoms with E-state index in [2.05, 4.69) is 469 Å². The van der Waals surface area contributed by atoms with E-state index in [-0.39, 0.29) is 0 Å². The quantitative estimate of drug-likeness (QED) is 0.102. The van der Waals surface area contributed by atoms with E-state index in [1.807, 2.05) is 0 Å².